The Morgan fingerprint density at radius 2 is 2.10 bits per heavy atom. The van der Waals surface area contributed by atoms with Gasteiger partial charge in [0.2, 0.25) is 0 Å². The van der Waals surface area contributed by atoms with Gasteiger partial charge < -0.3 is 20.8 Å². The van der Waals surface area contributed by atoms with Gasteiger partial charge in [-0.1, -0.05) is 17.7 Å². The highest BCUT2D eigenvalue weighted by Gasteiger charge is 2.30. The third-order valence-corrected chi connectivity index (χ3v) is 2.87. The minimum absolute atomic E-state index is 0.0154. The molecule has 0 saturated carbocycles. The van der Waals surface area contributed by atoms with Crippen molar-refractivity contribution in [3.63, 3.8) is 0 Å². The Morgan fingerprint density at radius 3 is 2.62 bits per heavy atom. The van der Waals surface area contributed by atoms with Gasteiger partial charge in [-0.2, -0.15) is 0 Å². The number of aliphatic carboxylic acids is 1. The largest absolute Gasteiger partial charge is 0.479 e. The molecule has 9 nitrogen and oxygen atoms in total. The second kappa shape index (κ2) is 6.37. The van der Waals surface area contributed by atoms with E-state index in [1.165, 1.54) is 18.2 Å². The Bertz CT molecular complexity index is 589. The van der Waals surface area contributed by atoms with Crippen molar-refractivity contribution >= 4 is 35.0 Å². The molecule has 2 amide bonds. The molecule has 1 unspecified atom stereocenters. The number of amides is 2. The lowest BCUT2D eigenvalue weighted by atomic mass is 10.1. The molecule has 0 radical (unpaired) electrons. The summed E-state index contributed by atoms with van der Waals surface area (Å²) in [5.41, 5.74) is -2.53. The van der Waals surface area contributed by atoms with E-state index < -0.39 is 29.1 Å². The highest BCUT2D eigenvalue weighted by atomic mass is 35.5. The van der Waals surface area contributed by atoms with Crippen LogP contribution in [0.1, 0.15) is 6.92 Å². The summed E-state index contributed by atoms with van der Waals surface area (Å²) >= 11 is 5.76. The molecule has 1 aromatic carbocycles. The standard InChI is InChI=1S/C11H12ClN3O6/c1-11(19,9(16)17)5-13-10(18)14-6-3-2-4-7(8(6)12)15(20)21/h2-4,19H,5H2,1H3,(H,16,17)(H2,13,14,18). The van der Waals surface area contributed by atoms with Crippen LogP contribution in [-0.2, 0) is 4.79 Å². The van der Waals surface area contributed by atoms with Crippen LogP contribution >= 0.6 is 11.6 Å². The van der Waals surface area contributed by atoms with Crippen molar-refractivity contribution in [1.82, 2.24) is 5.32 Å². The fraction of sp³-hybridized carbons (Fsp3) is 0.273. The van der Waals surface area contributed by atoms with Gasteiger partial charge in [0.1, 0.15) is 5.02 Å². The van der Waals surface area contributed by atoms with Crippen LogP contribution in [0.15, 0.2) is 18.2 Å². The molecule has 1 aromatic rings. The number of nitro benzene ring substituents is 1. The fourth-order valence-electron chi connectivity index (χ4n) is 1.25. The number of benzene rings is 1. The van der Waals surface area contributed by atoms with Gasteiger partial charge in [-0.3, -0.25) is 10.1 Å². The van der Waals surface area contributed by atoms with Gasteiger partial charge in [0.15, 0.2) is 5.60 Å². The number of carboxylic acid groups (broad SMARTS) is 1. The zero-order valence-corrected chi connectivity index (χ0v) is 11.5. The van der Waals surface area contributed by atoms with Gasteiger partial charge >= 0.3 is 12.0 Å². The number of nitrogens with one attached hydrogen (secondary N) is 2. The van der Waals surface area contributed by atoms with Gasteiger partial charge in [0.25, 0.3) is 5.69 Å². The molecule has 1 rings (SSSR count). The second-order valence-corrected chi connectivity index (χ2v) is 4.66. The molecule has 1 atom stereocenters. The van der Waals surface area contributed by atoms with Crippen molar-refractivity contribution in [1.29, 1.82) is 0 Å². The van der Waals surface area contributed by atoms with E-state index in [-0.39, 0.29) is 16.4 Å². The van der Waals surface area contributed by atoms with Crippen molar-refractivity contribution in [2.75, 3.05) is 11.9 Å². The summed E-state index contributed by atoms with van der Waals surface area (Å²) in [5, 5.41) is 32.9. The van der Waals surface area contributed by atoms with Gasteiger partial charge in [-0.05, 0) is 13.0 Å². The fourth-order valence-corrected chi connectivity index (χ4v) is 1.49. The molecule has 0 heterocycles. The monoisotopic (exact) mass is 317 g/mol. The second-order valence-electron chi connectivity index (χ2n) is 4.28. The molecule has 0 aliphatic rings. The molecular formula is C11H12ClN3O6. The summed E-state index contributed by atoms with van der Waals surface area (Å²) in [5.74, 6) is -1.50. The number of carbonyl (C=O) groups is 2. The van der Waals surface area contributed by atoms with Crippen LogP contribution in [0.25, 0.3) is 0 Å². The summed E-state index contributed by atoms with van der Waals surface area (Å²) < 4.78 is 0. The Hall–Kier alpha value is -2.39. The highest BCUT2D eigenvalue weighted by molar-refractivity contribution is 6.35. The zero-order chi connectivity index (χ0) is 16.2. The van der Waals surface area contributed by atoms with Gasteiger partial charge in [-0.25, -0.2) is 9.59 Å². The first-order chi connectivity index (χ1) is 9.65. The molecule has 21 heavy (non-hydrogen) atoms. The zero-order valence-electron chi connectivity index (χ0n) is 10.8. The average Bonchev–Trinajstić information content (AvgIpc) is 2.38. The number of anilines is 1. The molecule has 114 valence electrons. The molecular weight excluding hydrogens is 306 g/mol. The Balaban J connectivity index is 2.74. The molecule has 0 bridgehead atoms. The van der Waals surface area contributed by atoms with Gasteiger partial charge in [-0.15, -0.1) is 0 Å². The lowest BCUT2D eigenvalue weighted by molar-refractivity contribution is -0.384. The smallest absolute Gasteiger partial charge is 0.337 e. The van der Waals surface area contributed by atoms with Crippen LogP contribution in [0.3, 0.4) is 0 Å². The van der Waals surface area contributed by atoms with E-state index >= 15 is 0 Å². The maximum Gasteiger partial charge on any atom is 0.337 e. The molecule has 0 fully saturated rings. The summed E-state index contributed by atoms with van der Waals surface area (Å²) in [6.45, 7) is 0.455. The predicted molar refractivity (Wildman–Crippen MR) is 73.4 cm³/mol. The van der Waals surface area contributed by atoms with Crippen LogP contribution in [0.4, 0.5) is 16.2 Å². The number of halogens is 1. The van der Waals surface area contributed by atoms with Crippen LogP contribution in [0.2, 0.25) is 5.02 Å². The molecule has 0 saturated heterocycles. The first-order valence-corrected chi connectivity index (χ1v) is 5.96. The third-order valence-electron chi connectivity index (χ3n) is 2.48. The first kappa shape index (κ1) is 16.7. The van der Waals surface area contributed by atoms with Crippen LogP contribution in [-0.4, -0.2) is 39.3 Å². The van der Waals surface area contributed by atoms with Crippen molar-refractivity contribution in [3.05, 3.63) is 33.3 Å². The van der Waals surface area contributed by atoms with Crippen molar-refractivity contribution < 1.29 is 24.7 Å². The number of nitro groups is 1. The number of carbonyl (C=O) groups excluding carboxylic acids is 1. The van der Waals surface area contributed by atoms with Crippen LogP contribution in [0, 0.1) is 10.1 Å². The molecule has 4 N–H and O–H groups in total. The number of hydrogen-bond donors (Lipinski definition) is 4. The van der Waals surface area contributed by atoms with E-state index in [1.807, 2.05) is 0 Å². The van der Waals surface area contributed by atoms with E-state index in [9.17, 15) is 24.8 Å². The topological polar surface area (TPSA) is 142 Å². The number of carboxylic acids is 1. The third kappa shape index (κ3) is 4.29. The Labute approximate surface area is 123 Å². The van der Waals surface area contributed by atoms with E-state index in [0.29, 0.717) is 0 Å². The van der Waals surface area contributed by atoms with Crippen LogP contribution in [0.5, 0.6) is 0 Å². The van der Waals surface area contributed by atoms with Gasteiger partial charge in [0.05, 0.1) is 17.2 Å². The molecule has 10 heteroatoms. The van der Waals surface area contributed by atoms with E-state index in [0.717, 1.165) is 6.92 Å². The Kier molecular flexibility index (Phi) is 5.06. The summed E-state index contributed by atoms with van der Waals surface area (Å²) in [7, 11) is 0. The van der Waals surface area contributed by atoms with Crippen molar-refractivity contribution in [2.45, 2.75) is 12.5 Å². The summed E-state index contributed by atoms with van der Waals surface area (Å²) in [4.78, 5) is 32.2. The molecule has 0 spiro atoms. The Morgan fingerprint density at radius 1 is 1.48 bits per heavy atom. The molecule has 0 aliphatic heterocycles. The molecule has 0 aliphatic carbocycles. The summed E-state index contributed by atoms with van der Waals surface area (Å²) in [6.07, 6.45) is 0. The quantitative estimate of drug-likeness (QED) is 0.475. The van der Waals surface area contributed by atoms with E-state index in [2.05, 4.69) is 10.6 Å². The minimum Gasteiger partial charge on any atom is -0.479 e. The van der Waals surface area contributed by atoms with E-state index in [1.54, 1.807) is 0 Å². The lowest BCUT2D eigenvalue weighted by Gasteiger charge is -2.18. The number of nitrogens with zero attached hydrogens (tertiary/aromatic N) is 1. The number of hydrogen-bond acceptors (Lipinski definition) is 5. The average molecular weight is 318 g/mol. The maximum atomic E-state index is 11.6. The summed E-state index contributed by atoms with van der Waals surface area (Å²) in [6, 6.07) is 2.97. The van der Waals surface area contributed by atoms with Crippen molar-refractivity contribution in [3.8, 4) is 0 Å². The number of urea groups is 1. The first-order valence-electron chi connectivity index (χ1n) is 5.58. The molecule has 0 aromatic heterocycles. The SMILES string of the molecule is CC(O)(CNC(=O)Nc1cccc([N+](=O)[O-])c1Cl)C(=O)O. The maximum absolute atomic E-state index is 11.6. The number of aliphatic hydroxyl groups is 1. The van der Waals surface area contributed by atoms with Crippen LogP contribution < -0.4 is 10.6 Å². The highest BCUT2D eigenvalue weighted by Crippen LogP contribution is 2.31. The number of rotatable bonds is 5. The van der Waals surface area contributed by atoms with Gasteiger partial charge in [0, 0.05) is 6.07 Å². The lowest BCUT2D eigenvalue weighted by Crippen LogP contribution is -2.47. The predicted octanol–water partition coefficient (Wildman–Crippen LogP) is 1.21. The van der Waals surface area contributed by atoms with Crippen molar-refractivity contribution in [2.24, 2.45) is 0 Å². The van der Waals surface area contributed by atoms with E-state index in [4.69, 9.17) is 16.7 Å². The normalized spacial score (nSPS) is 13.1. The minimum atomic E-state index is -2.14.